The molecule has 120 valence electrons. The standard InChI is InChI=1S/C17H14N4O3/c1-12(22)24-16-15(19-18-13-8-4-2-5-9-13)17(23)21(20-16)14-10-6-3-7-11-14/h2-11,20H,1H3. The lowest BCUT2D eigenvalue weighted by atomic mass is 10.3. The Morgan fingerprint density at radius 2 is 1.62 bits per heavy atom. The number of nitrogens with zero attached hydrogens (tertiary/aromatic N) is 3. The Morgan fingerprint density at radius 1 is 1.00 bits per heavy atom. The van der Waals surface area contributed by atoms with Crippen molar-refractivity contribution in [3.05, 3.63) is 71.0 Å². The highest BCUT2D eigenvalue weighted by Crippen LogP contribution is 2.25. The van der Waals surface area contributed by atoms with Gasteiger partial charge in [-0.15, -0.1) is 5.11 Å². The monoisotopic (exact) mass is 322 g/mol. The highest BCUT2D eigenvalue weighted by atomic mass is 16.5. The minimum absolute atomic E-state index is 0.0453. The number of para-hydroxylation sites is 1. The molecular weight excluding hydrogens is 308 g/mol. The Hall–Kier alpha value is -3.48. The molecule has 7 nitrogen and oxygen atoms in total. The summed E-state index contributed by atoms with van der Waals surface area (Å²) in [6.45, 7) is 1.25. The first-order chi connectivity index (χ1) is 11.6. The molecule has 0 radical (unpaired) electrons. The molecule has 0 aliphatic rings. The van der Waals surface area contributed by atoms with E-state index in [1.54, 1.807) is 48.5 Å². The number of ether oxygens (including phenoxy) is 1. The molecule has 0 unspecified atom stereocenters. The largest absolute Gasteiger partial charge is 0.406 e. The third-order valence-electron chi connectivity index (χ3n) is 3.12. The van der Waals surface area contributed by atoms with Crippen molar-refractivity contribution < 1.29 is 9.53 Å². The molecule has 1 heterocycles. The number of hydrogen-bond donors (Lipinski definition) is 1. The van der Waals surface area contributed by atoms with E-state index in [2.05, 4.69) is 15.3 Å². The molecule has 0 atom stereocenters. The number of carbonyl (C=O) groups excluding carboxylic acids is 1. The zero-order chi connectivity index (χ0) is 16.9. The predicted octanol–water partition coefficient (Wildman–Crippen LogP) is 3.51. The summed E-state index contributed by atoms with van der Waals surface area (Å²) in [5.74, 6) is -0.608. The molecule has 0 aliphatic carbocycles. The molecule has 3 aromatic rings. The number of nitrogens with one attached hydrogen (secondary N) is 1. The molecule has 0 saturated heterocycles. The molecular formula is C17H14N4O3. The van der Waals surface area contributed by atoms with Crippen LogP contribution in [0, 0.1) is 0 Å². The Kier molecular flexibility index (Phi) is 4.33. The summed E-state index contributed by atoms with van der Waals surface area (Å²) < 4.78 is 6.30. The van der Waals surface area contributed by atoms with Crippen molar-refractivity contribution >= 4 is 17.3 Å². The third-order valence-corrected chi connectivity index (χ3v) is 3.12. The minimum atomic E-state index is -0.562. The van der Waals surface area contributed by atoms with Gasteiger partial charge in [0.25, 0.3) is 0 Å². The molecule has 7 heteroatoms. The quantitative estimate of drug-likeness (QED) is 0.589. The smallest absolute Gasteiger partial charge is 0.309 e. The zero-order valence-corrected chi connectivity index (χ0v) is 12.8. The number of esters is 1. The van der Waals surface area contributed by atoms with Gasteiger partial charge >= 0.3 is 11.5 Å². The number of azo groups is 1. The van der Waals surface area contributed by atoms with Crippen molar-refractivity contribution in [1.29, 1.82) is 0 Å². The van der Waals surface area contributed by atoms with E-state index in [1.165, 1.54) is 11.6 Å². The molecule has 0 fully saturated rings. The van der Waals surface area contributed by atoms with Crippen molar-refractivity contribution in [3.8, 4) is 11.6 Å². The van der Waals surface area contributed by atoms with Crippen LogP contribution in [-0.2, 0) is 4.79 Å². The first-order valence-electron chi connectivity index (χ1n) is 7.21. The molecule has 2 aromatic carbocycles. The van der Waals surface area contributed by atoms with Gasteiger partial charge in [-0.1, -0.05) is 36.4 Å². The van der Waals surface area contributed by atoms with Gasteiger partial charge in [0.05, 0.1) is 11.4 Å². The lowest BCUT2D eigenvalue weighted by Gasteiger charge is -2.00. The predicted molar refractivity (Wildman–Crippen MR) is 88.3 cm³/mol. The van der Waals surface area contributed by atoms with Gasteiger partial charge in [0.2, 0.25) is 11.6 Å². The van der Waals surface area contributed by atoms with Crippen LogP contribution in [0.4, 0.5) is 11.4 Å². The highest BCUT2D eigenvalue weighted by molar-refractivity contribution is 5.70. The van der Waals surface area contributed by atoms with E-state index in [0.717, 1.165) is 0 Å². The van der Waals surface area contributed by atoms with E-state index >= 15 is 0 Å². The molecule has 0 bridgehead atoms. The van der Waals surface area contributed by atoms with Crippen LogP contribution in [0.5, 0.6) is 5.88 Å². The van der Waals surface area contributed by atoms with E-state index in [1.807, 2.05) is 12.1 Å². The summed E-state index contributed by atoms with van der Waals surface area (Å²) in [7, 11) is 0. The highest BCUT2D eigenvalue weighted by Gasteiger charge is 2.18. The van der Waals surface area contributed by atoms with E-state index in [9.17, 15) is 9.59 Å². The number of H-pyrrole nitrogens is 1. The first kappa shape index (κ1) is 15.4. The molecule has 0 amide bonds. The second-order valence-electron chi connectivity index (χ2n) is 4.89. The molecule has 1 aromatic heterocycles. The lowest BCUT2D eigenvalue weighted by molar-refractivity contribution is -0.132. The molecule has 0 saturated carbocycles. The number of benzene rings is 2. The normalized spacial score (nSPS) is 10.9. The summed E-state index contributed by atoms with van der Waals surface area (Å²) in [5, 5.41) is 10.7. The Morgan fingerprint density at radius 3 is 2.25 bits per heavy atom. The van der Waals surface area contributed by atoms with Gasteiger partial charge in [-0.3, -0.25) is 14.7 Å². The van der Waals surface area contributed by atoms with Crippen LogP contribution >= 0.6 is 0 Å². The Balaban J connectivity index is 2.06. The lowest BCUT2D eigenvalue weighted by Crippen LogP contribution is -2.13. The van der Waals surface area contributed by atoms with E-state index in [4.69, 9.17) is 4.74 Å². The number of aromatic amines is 1. The molecule has 1 N–H and O–H groups in total. The number of aromatic nitrogens is 2. The maximum Gasteiger partial charge on any atom is 0.309 e. The van der Waals surface area contributed by atoms with Crippen LogP contribution in [-0.4, -0.2) is 15.7 Å². The third kappa shape index (κ3) is 3.30. The minimum Gasteiger partial charge on any atom is -0.406 e. The van der Waals surface area contributed by atoms with E-state index in [-0.39, 0.29) is 11.6 Å². The molecule has 3 rings (SSSR count). The fourth-order valence-corrected chi connectivity index (χ4v) is 2.07. The molecule has 24 heavy (non-hydrogen) atoms. The average Bonchev–Trinajstić information content (AvgIpc) is 2.90. The van der Waals surface area contributed by atoms with Crippen molar-refractivity contribution in [2.75, 3.05) is 0 Å². The van der Waals surface area contributed by atoms with Crippen molar-refractivity contribution in [1.82, 2.24) is 9.78 Å². The van der Waals surface area contributed by atoms with Crippen LogP contribution in [0.25, 0.3) is 5.69 Å². The van der Waals surface area contributed by atoms with Gasteiger partial charge in [-0.05, 0) is 24.3 Å². The van der Waals surface area contributed by atoms with Gasteiger partial charge < -0.3 is 4.74 Å². The Bertz CT molecular complexity index is 927. The molecule has 0 aliphatic heterocycles. The van der Waals surface area contributed by atoms with E-state index < -0.39 is 11.5 Å². The second-order valence-corrected chi connectivity index (χ2v) is 4.89. The second kappa shape index (κ2) is 6.74. The van der Waals surface area contributed by atoms with Gasteiger partial charge in [-0.2, -0.15) is 5.11 Å². The van der Waals surface area contributed by atoms with E-state index in [0.29, 0.717) is 11.4 Å². The van der Waals surface area contributed by atoms with Crippen LogP contribution in [0.3, 0.4) is 0 Å². The van der Waals surface area contributed by atoms with Crippen LogP contribution < -0.4 is 10.3 Å². The zero-order valence-electron chi connectivity index (χ0n) is 12.8. The maximum atomic E-state index is 12.6. The van der Waals surface area contributed by atoms with Crippen molar-refractivity contribution in [2.24, 2.45) is 10.2 Å². The topological polar surface area (TPSA) is 88.8 Å². The fourth-order valence-electron chi connectivity index (χ4n) is 2.07. The van der Waals surface area contributed by atoms with Crippen molar-refractivity contribution in [3.63, 3.8) is 0 Å². The number of carbonyl (C=O) groups is 1. The SMILES string of the molecule is CC(=O)Oc1[nH]n(-c2ccccc2)c(=O)c1N=Nc1ccccc1. The van der Waals surface area contributed by atoms with Gasteiger partial charge in [0.1, 0.15) is 0 Å². The van der Waals surface area contributed by atoms with Gasteiger partial charge in [0.15, 0.2) is 0 Å². The van der Waals surface area contributed by atoms with Crippen LogP contribution in [0.15, 0.2) is 75.7 Å². The van der Waals surface area contributed by atoms with Crippen LogP contribution in [0.2, 0.25) is 0 Å². The number of hydrogen-bond acceptors (Lipinski definition) is 5. The fraction of sp³-hybridized carbons (Fsp3) is 0.0588. The summed E-state index contributed by atoms with van der Waals surface area (Å²) in [4.78, 5) is 23.9. The maximum absolute atomic E-state index is 12.6. The van der Waals surface area contributed by atoms with Gasteiger partial charge in [0, 0.05) is 6.92 Å². The number of rotatable bonds is 4. The first-order valence-corrected chi connectivity index (χ1v) is 7.21. The Labute approximate surface area is 137 Å². The summed E-state index contributed by atoms with van der Waals surface area (Å²) >= 11 is 0. The average molecular weight is 322 g/mol. The van der Waals surface area contributed by atoms with Gasteiger partial charge in [-0.25, -0.2) is 4.68 Å². The summed E-state index contributed by atoms with van der Waals surface area (Å²) in [6, 6.07) is 17.9. The summed E-state index contributed by atoms with van der Waals surface area (Å²) in [5.41, 5.74) is 0.644. The molecule has 0 spiro atoms. The van der Waals surface area contributed by atoms with Crippen LogP contribution in [0.1, 0.15) is 6.92 Å². The van der Waals surface area contributed by atoms with Crippen molar-refractivity contribution in [2.45, 2.75) is 6.92 Å². The summed E-state index contributed by atoms with van der Waals surface area (Å²) in [6.07, 6.45) is 0.